The number of primary amides is 1. The fourth-order valence-corrected chi connectivity index (χ4v) is 2.63. The van der Waals surface area contributed by atoms with Gasteiger partial charge in [0.2, 0.25) is 5.91 Å². The summed E-state index contributed by atoms with van der Waals surface area (Å²) in [6.07, 6.45) is 3.07. The Hall–Kier alpha value is -0.610. The monoisotopic (exact) mass is 269 g/mol. The predicted octanol–water partition coefficient (Wildman–Crippen LogP) is 1.60. The zero-order chi connectivity index (χ0) is 14.5. The molecule has 3 unspecified atom stereocenters. The minimum absolute atomic E-state index is 0.237. The van der Waals surface area contributed by atoms with Crippen LogP contribution in [0.1, 0.15) is 47.0 Å². The maximum absolute atomic E-state index is 11.7. The Labute approximate surface area is 118 Å². The van der Waals surface area contributed by atoms with Crippen LogP contribution in [0.5, 0.6) is 0 Å². The van der Waals surface area contributed by atoms with E-state index in [-0.39, 0.29) is 5.91 Å². The summed E-state index contributed by atoms with van der Waals surface area (Å²) >= 11 is 0. The van der Waals surface area contributed by atoms with Gasteiger partial charge in [0, 0.05) is 13.1 Å². The van der Waals surface area contributed by atoms with Gasteiger partial charge in [-0.1, -0.05) is 20.8 Å². The minimum Gasteiger partial charge on any atom is -0.368 e. The van der Waals surface area contributed by atoms with E-state index < -0.39 is 5.54 Å². The lowest BCUT2D eigenvalue weighted by atomic mass is 9.88. The Bertz CT molecular complexity index is 295. The number of hydrogen-bond acceptors (Lipinski definition) is 3. The Kier molecular flexibility index (Phi) is 6.27. The van der Waals surface area contributed by atoms with Gasteiger partial charge >= 0.3 is 0 Å². The first-order valence-electron chi connectivity index (χ1n) is 7.66. The van der Waals surface area contributed by atoms with Gasteiger partial charge in [0.15, 0.2) is 0 Å². The topological polar surface area (TPSA) is 58.4 Å². The first-order chi connectivity index (χ1) is 8.89. The van der Waals surface area contributed by atoms with E-state index in [2.05, 4.69) is 31.0 Å². The number of carbonyl (C=O) groups is 1. The van der Waals surface area contributed by atoms with Gasteiger partial charge in [0.1, 0.15) is 0 Å². The summed E-state index contributed by atoms with van der Waals surface area (Å²) in [6.45, 7) is 12.8. The molecule has 1 saturated heterocycles. The summed E-state index contributed by atoms with van der Waals surface area (Å²) in [7, 11) is 0. The van der Waals surface area contributed by atoms with Gasteiger partial charge in [-0.2, -0.15) is 0 Å². The SMILES string of the molecule is CCCNC(C)(CCN1CCC(C)C(C)C1)C(N)=O. The van der Waals surface area contributed by atoms with Crippen molar-refractivity contribution in [3.63, 3.8) is 0 Å². The molecule has 4 heteroatoms. The molecule has 1 amide bonds. The van der Waals surface area contributed by atoms with Crippen LogP contribution in [-0.4, -0.2) is 42.5 Å². The molecule has 1 fully saturated rings. The quantitative estimate of drug-likeness (QED) is 0.738. The molecule has 0 aliphatic carbocycles. The van der Waals surface area contributed by atoms with Crippen molar-refractivity contribution in [3.8, 4) is 0 Å². The normalized spacial score (nSPS) is 28.0. The zero-order valence-electron chi connectivity index (χ0n) is 13.0. The lowest BCUT2D eigenvalue weighted by Crippen LogP contribution is -2.55. The molecular weight excluding hydrogens is 238 g/mol. The standard InChI is InChI=1S/C15H31N3O/c1-5-8-17-15(4,14(16)19)7-10-18-9-6-12(2)13(3)11-18/h12-13,17H,5-11H2,1-4H3,(H2,16,19). The number of likely N-dealkylation sites (tertiary alicyclic amines) is 1. The third kappa shape index (κ3) is 4.77. The smallest absolute Gasteiger partial charge is 0.237 e. The number of amides is 1. The summed E-state index contributed by atoms with van der Waals surface area (Å²) in [5.74, 6) is 1.33. The fourth-order valence-electron chi connectivity index (χ4n) is 2.63. The van der Waals surface area contributed by atoms with Gasteiger partial charge in [-0.15, -0.1) is 0 Å². The third-order valence-corrected chi connectivity index (χ3v) is 4.66. The van der Waals surface area contributed by atoms with Crippen LogP contribution in [0.2, 0.25) is 0 Å². The first-order valence-corrected chi connectivity index (χ1v) is 7.66. The second kappa shape index (κ2) is 7.25. The molecule has 112 valence electrons. The van der Waals surface area contributed by atoms with Gasteiger partial charge < -0.3 is 16.0 Å². The lowest BCUT2D eigenvalue weighted by Gasteiger charge is -2.37. The van der Waals surface area contributed by atoms with E-state index in [0.717, 1.165) is 50.9 Å². The molecule has 1 rings (SSSR count). The van der Waals surface area contributed by atoms with Crippen LogP contribution in [0, 0.1) is 11.8 Å². The lowest BCUT2D eigenvalue weighted by molar-refractivity contribution is -0.124. The Morgan fingerprint density at radius 1 is 1.42 bits per heavy atom. The van der Waals surface area contributed by atoms with Crippen LogP contribution in [-0.2, 0) is 4.79 Å². The average Bonchev–Trinajstić information content (AvgIpc) is 2.37. The minimum atomic E-state index is -0.567. The number of carbonyl (C=O) groups excluding carboxylic acids is 1. The molecule has 0 radical (unpaired) electrons. The molecule has 1 aliphatic heterocycles. The van der Waals surface area contributed by atoms with Crippen molar-refractivity contribution in [1.29, 1.82) is 0 Å². The highest BCUT2D eigenvalue weighted by molar-refractivity contribution is 5.84. The Morgan fingerprint density at radius 2 is 2.11 bits per heavy atom. The second-order valence-corrected chi connectivity index (χ2v) is 6.42. The molecule has 0 saturated carbocycles. The van der Waals surface area contributed by atoms with Crippen molar-refractivity contribution in [2.24, 2.45) is 17.6 Å². The van der Waals surface area contributed by atoms with Crippen LogP contribution in [0.25, 0.3) is 0 Å². The van der Waals surface area contributed by atoms with Gasteiger partial charge in [-0.05, 0) is 51.1 Å². The van der Waals surface area contributed by atoms with Crippen molar-refractivity contribution >= 4 is 5.91 Å². The molecule has 0 aromatic rings. The van der Waals surface area contributed by atoms with E-state index in [1.165, 1.54) is 6.42 Å². The molecule has 0 aromatic heterocycles. The van der Waals surface area contributed by atoms with Gasteiger partial charge in [-0.3, -0.25) is 4.79 Å². The van der Waals surface area contributed by atoms with Gasteiger partial charge in [-0.25, -0.2) is 0 Å². The molecule has 19 heavy (non-hydrogen) atoms. The third-order valence-electron chi connectivity index (χ3n) is 4.66. The highest BCUT2D eigenvalue weighted by Crippen LogP contribution is 2.23. The van der Waals surface area contributed by atoms with Crippen LogP contribution in [0.4, 0.5) is 0 Å². The number of nitrogens with two attached hydrogens (primary N) is 1. The van der Waals surface area contributed by atoms with Crippen LogP contribution < -0.4 is 11.1 Å². The number of nitrogens with one attached hydrogen (secondary N) is 1. The first kappa shape index (κ1) is 16.4. The molecule has 1 heterocycles. The fraction of sp³-hybridized carbons (Fsp3) is 0.933. The van der Waals surface area contributed by atoms with Crippen molar-refractivity contribution < 1.29 is 4.79 Å². The Morgan fingerprint density at radius 3 is 2.63 bits per heavy atom. The molecular formula is C15H31N3O. The van der Waals surface area contributed by atoms with E-state index in [1.54, 1.807) is 0 Å². The summed E-state index contributed by atoms with van der Waals surface area (Å²) < 4.78 is 0. The molecule has 4 nitrogen and oxygen atoms in total. The average molecular weight is 269 g/mol. The second-order valence-electron chi connectivity index (χ2n) is 6.42. The van der Waals surface area contributed by atoms with Crippen LogP contribution >= 0.6 is 0 Å². The maximum Gasteiger partial charge on any atom is 0.237 e. The van der Waals surface area contributed by atoms with Crippen LogP contribution in [0.15, 0.2) is 0 Å². The van der Waals surface area contributed by atoms with E-state index in [1.807, 2.05) is 6.92 Å². The van der Waals surface area contributed by atoms with Crippen molar-refractivity contribution in [3.05, 3.63) is 0 Å². The van der Waals surface area contributed by atoms with Crippen LogP contribution in [0.3, 0.4) is 0 Å². The molecule has 3 N–H and O–H groups in total. The predicted molar refractivity (Wildman–Crippen MR) is 79.9 cm³/mol. The van der Waals surface area contributed by atoms with E-state index in [0.29, 0.717) is 0 Å². The Balaban J connectivity index is 2.46. The van der Waals surface area contributed by atoms with E-state index >= 15 is 0 Å². The number of piperidine rings is 1. The number of hydrogen-bond donors (Lipinski definition) is 2. The largest absolute Gasteiger partial charge is 0.368 e. The number of rotatable bonds is 7. The molecule has 0 bridgehead atoms. The van der Waals surface area contributed by atoms with Crippen molar-refractivity contribution in [2.45, 2.75) is 52.5 Å². The number of nitrogens with zero attached hydrogens (tertiary/aromatic N) is 1. The molecule has 1 aliphatic rings. The highest BCUT2D eigenvalue weighted by atomic mass is 16.1. The van der Waals surface area contributed by atoms with Gasteiger partial charge in [0.05, 0.1) is 5.54 Å². The van der Waals surface area contributed by atoms with E-state index in [9.17, 15) is 4.79 Å². The molecule has 0 spiro atoms. The summed E-state index contributed by atoms with van der Waals surface area (Å²) in [6, 6.07) is 0. The summed E-state index contributed by atoms with van der Waals surface area (Å²) in [5, 5.41) is 3.30. The van der Waals surface area contributed by atoms with E-state index in [4.69, 9.17) is 5.73 Å². The van der Waals surface area contributed by atoms with Crippen molar-refractivity contribution in [1.82, 2.24) is 10.2 Å². The van der Waals surface area contributed by atoms with Crippen molar-refractivity contribution in [2.75, 3.05) is 26.2 Å². The zero-order valence-corrected chi connectivity index (χ0v) is 13.0. The summed E-state index contributed by atoms with van der Waals surface area (Å²) in [4.78, 5) is 14.1. The molecule has 3 atom stereocenters. The van der Waals surface area contributed by atoms with Gasteiger partial charge in [0.25, 0.3) is 0 Å². The maximum atomic E-state index is 11.7. The molecule has 0 aromatic carbocycles. The highest BCUT2D eigenvalue weighted by Gasteiger charge is 2.31. The summed E-state index contributed by atoms with van der Waals surface area (Å²) in [5.41, 5.74) is 4.99.